The number of alkyl halides is 1. The van der Waals surface area contributed by atoms with E-state index in [1.807, 2.05) is 6.07 Å². The molecule has 2 nitrogen and oxygen atoms in total. The smallest absolute Gasteiger partial charge is 0.109 e. The molecular weight excluding hydrogens is 150 g/mol. The fourth-order valence-electron chi connectivity index (χ4n) is 0.652. The highest BCUT2D eigenvalue weighted by atomic mass is 35.5. The van der Waals surface area contributed by atoms with Crippen LogP contribution in [0.1, 0.15) is 11.8 Å². The molecule has 1 atom stereocenters. The Hall–Kier alpha value is -0.600. The number of halogens is 1. The van der Waals surface area contributed by atoms with Gasteiger partial charge < -0.3 is 5.11 Å². The van der Waals surface area contributed by atoms with Crippen LogP contribution in [0.2, 0.25) is 0 Å². The van der Waals surface area contributed by atoms with E-state index in [1.165, 1.54) is 0 Å². The Morgan fingerprint density at radius 2 is 2.40 bits per heavy atom. The maximum Gasteiger partial charge on any atom is 0.109 e. The molecule has 0 saturated heterocycles. The summed E-state index contributed by atoms with van der Waals surface area (Å²) >= 11 is 5.40. The van der Waals surface area contributed by atoms with Gasteiger partial charge in [-0.3, -0.25) is 4.98 Å². The molecule has 0 spiro atoms. The van der Waals surface area contributed by atoms with Crippen LogP contribution in [0.3, 0.4) is 0 Å². The summed E-state index contributed by atoms with van der Waals surface area (Å²) in [5.41, 5.74) is 0.623. The number of hydrogen-bond donors (Lipinski definition) is 1. The second kappa shape index (κ2) is 3.54. The van der Waals surface area contributed by atoms with Crippen molar-refractivity contribution in [2.75, 3.05) is 5.88 Å². The minimum Gasteiger partial charge on any atom is -0.386 e. The van der Waals surface area contributed by atoms with E-state index in [0.29, 0.717) is 5.69 Å². The molecule has 0 aromatic carbocycles. The quantitative estimate of drug-likeness (QED) is 0.658. The molecule has 0 saturated carbocycles. The Morgan fingerprint density at radius 3 is 2.90 bits per heavy atom. The molecule has 1 rings (SSSR count). The molecule has 0 amide bonds. The molecule has 1 aromatic rings. The zero-order valence-corrected chi connectivity index (χ0v) is 6.12. The zero-order valence-electron chi connectivity index (χ0n) is 5.37. The fraction of sp³-hybridized carbons (Fsp3) is 0.286. The highest BCUT2D eigenvalue weighted by molar-refractivity contribution is 6.18. The topological polar surface area (TPSA) is 33.1 Å². The minimum absolute atomic E-state index is 0.191. The Morgan fingerprint density at radius 1 is 1.60 bits per heavy atom. The van der Waals surface area contributed by atoms with Crippen LogP contribution in [-0.4, -0.2) is 16.0 Å². The van der Waals surface area contributed by atoms with Crippen LogP contribution in [0, 0.1) is 0 Å². The summed E-state index contributed by atoms with van der Waals surface area (Å²) in [6.45, 7) is 0. The van der Waals surface area contributed by atoms with Crippen molar-refractivity contribution in [3.05, 3.63) is 30.1 Å². The second-order valence-electron chi connectivity index (χ2n) is 1.92. The Balaban J connectivity index is 2.75. The Bertz CT molecular complexity index is 190. The lowest BCUT2D eigenvalue weighted by molar-refractivity contribution is 0.197. The number of pyridine rings is 1. The van der Waals surface area contributed by atoms with Crippen LogP contribution in [0.25, 0.3) is 0 Å². The number of nitrogens with zero attached hydrogens (tertiary/aromatic N) is 1. The predicted octanol–water partition coefficient (Wildman–Crippen LogP) is 1.35. The summed E-state index contributed by atoms with van der Waals surface area (Å²) in [5, 5.41) is 9.13. The lowest BCUT2D eigenvalue weighted by Crippen LogP contribution is -2.00. The van der Waals surface area contributed by atoms with Crippen molar-refractivity contribution < 1.29 is 5.11 Å². The molecule has 0 aliphatic carbocycles. The molecular formula is C7H8ClNO. The number of aliphatic hydroxyl groups is 1. The third-order valence-electron chi connectivity index (χ3n) is 1.18. The summed E-state index contributed by atoms with van der Waals surface area (Å²) < 4.78 is 0. The van der Waals surface area contributed by atoms with Gasteiger partial charge in [0.05, 0.1) is 11.6 Å². The molecule has 0 aliphatic rings. The lowest BCUT2D eigenvalue weighted by atomic mass is 10.2. The van der Waals surface area contributed by atoms with Crippen molar-refractivity contribution >= 4 is 11.6 Å². The van der Waals surface area contributed by atoms with E-state index in [4.69, 9.17) is 16.7 Å². The van der Waals surface area contributed by atoms with Gasteiger partial charge in [-0.1, -0.05) is 6.07 Å². The maximum atomic E-state index is 9.13. The molecule has 10 heavy (non-hydrogen) atoms. The van der Waals surface area contributed by atoms with Crippen molar-refractivity contribution in [1.29, 1.82) is 0 Å². The van der Waals surface area contributed by atoms with E-state index in [9.17, 15) is 0 Å². The number of aromatic nitrogens is 1. The second-order valence-corrected chi connectivity index (χ2v) is 2.23. The van der Waals surface area contributed by atoms with E-state index in [2.05, 4.69) is 4.98 Å². The van der Waals surface area contributed by atoms with Crippen molar-refractivity contribution in [3.8, 4) is 0 Å². The molecule has 0 bridgehead atoms. The average Bonchev–Trinajstić information content (AvgIpc) is 2.05. The summed E-state index contributed by atoms with van der Waals surface area (Å²) in [6.07, 6.45) is 0.994. The van der Waals surface area contributed by atoms with Crippen LogP contribution in [-0.2, 0) is 0 Å². The highest BCUT2D eigenvalue weighted by Crippen LogP contribution is 2.09. The SMILES string of the molecule is OC(CCl)c1ccccn1. The first-order valence-electron chi connectivity index (χ1n) is 2.99. The summed E-state index contributed by atoms with van der Waals surface area (Å²) in [6, 6.07) is 5.36. The van der Waals surface area contributed by atoms with Gasteiger partial charge in [0.15, 0.2) is 0 Å². The highest BCUT2D eigenvalue weighted by Gasteiger charge is 2.04. The monoisotopic (exact) mass is 157 g/mol. The van der Waals surface area contributed by atoms with Gasteiger partial charge in [-0.15, -0.1) is 11.6 Å². The third kappa shape index (κ3) is 1.69. The number of aliphatic hydroxyl groups excluding tert-OH is 1. The van der Waals surface area contributed by atoms with Gasteiger partial charge in [0.2, 0.25) is 0 Å². The van der Waals surface area contributed by atoms with Crippen LogP contribution in [0.4, 0.5) is 0 Å². The first-order chi connectivity index (χ1) is 4.84. The van der Waals surface area contributed by atoms with E-state index in [0.717, 1.165) is 0 Å². The summed E-state index contributed by atoms with van der Waals surface area (Å²) in [4.78, 5) is 3.92. The van der Waals surface area contributed by atoms with Crippen molar-refractivity contribution in [2.24, 2.45) is 0 Å². The maximum absolute atomic E-state index is 9.13. The molecule has 1 unspecified atom stereocenters. The molecule has 0 fully saturated rings. The van der Waals surface area contributed by atoms with E-state index in [-0.39, 0.29) is 5.88 Å². The van der Waals surface area contributed by atoms with Gasteiger partial charge in [0.1, 0.15) is 6.10 Å². The minimum atomic E-state index is -0.636. The van der Waals surface area contributed by atoms with Crippen molar-refractivity contribution in [3.63, 3.8) is 0 Å². The van der Waals surface area contributed by atoms with Crippen LogP contribution < -0.4 is 0 Å². The lowest BCUT2D eigenvalue weighted by Gasteiger charge is -2.03. The molecule has 0 radical (unpaired) electrons. The Kier molecular flexibility index (Phi) is 2.66. The number of rotatable bonds is 2. The third-order valence-corrected chi connectivity index (χ3v) is 1.47. The summed E-state index contributed by atoms with van der Waals surface area (Å²) in [5.74, 6) is 0.191. The fourth-order valence-corrected chi connectivity index (χ4v) is 0.810. The largest absolute Gasteiger partial charge is 0.386 e. The first-order valence-corrected chi connectivity index (χ1v) is 3.53. The van der Waals surface area contributed by atoms with Gasteiger partial charge in [0.25, 0.3) is 0 Å². The van der Waals surface area contributed by atoms with Gasteiger partial charge in [0, 0.05) is 6.20 Å². The summed E-state index contributed by atoms with van der Waals surface area (Å²) in [7, 11) is 0. The van der Waals surface area contributed by atoms with Crippen LogP contribution in [0.5, 0.6) is 0 Å². The molecule has 1 heterocycles. The van der Waals surface area contributed by atoms with Gasteiger partial charge >= 0.3 is 0 Å². The van der Waals surface area contributed by atoms with Crippen molar-refractivity contribution in [1.82, 2.24) is 4.98 Å². The van der Waals surface area contributed by atoms with E-state index in [1.54, 1.807) is 18.3 Å². The normalized spacial score (nSPS) is 13.0. The molecule has 3 heteroatoms. The van der Waals surface area contributed by atoms with Gasteiger partial charge in [-0.2, -0.15) is 0 Å². The van der Waals surface area contributed by atoms with Crippen LogP contribution >= 0.6 is 11.6 Å². The van der Waals surface area contributed by atoms with Crippen LogP contribution in [0.15, 0.2) is 24.4 Å². The van der Waals surface area contributed by atoms with E-state index < -0.39 is 6.10 Å². The molecule has 1 aromatic heterocycles. The molecule has 0 aliphatic heterocycles. The molecule has 1 N–H and O–H groups in total. The standard InChI is InChI=1S/C7H8ClNO/c8-5-7(10)6-3-1-2-4-9-6/h1-4,7,10H,5H2. The van der Waals surface area contributed by atoms with Gasteiger partial charge in [-0.25, -0.2) is 0 Å². The van der Waals surface area contributed by atoms with Gasteiger partial charge in [-0.05, 0) is 12.1 Å². The van der Waals surface area contributed by atoms with Crippen molar-refractivity contribution in [2.45, 2.75) is 6.10 Å². The van der Waals surface area contributed by atoms with E-state index >= 15 is 0 Å². The average molecular weight is 158 g/mol. The zero-order chi connectivity index (χ0) is 7.40. The predicted molar refractivity (Wildman–Crippen MR) is 39.9 cm³/mol. The Labute approximate surface area is 64.5 Å². The molecule has 54 valence electrons. The number of hydrogen-bond acceptors (Lipinski definition) is 2. The first kappa shape index (κ1) is 7.51.